The fourth-order valence-electron chi connectivity index (χ4n) is 2.50. The van der Waals surface area contributed by atoms with Crippen molar-refractivity contribution in [2.24, 2.45) is 0 Å². The summed E-state index contributed by atoms with van der Waals surface area (Å²) in [6.45, 7) is 8.36. The lowest BCUT2D eigenvalue weighted by Crippen LogP contribution is -2.45. The topological polar surface area (TPSA) is 15.3 Å². The number of halogens is 2. The zero-order chi connectivity index (χ0) is 11.9. The van der Waals surface area contributed by atoms with Crippen molar-refractivity contribution in [3.05, 3.63) is 48.6 Å². The molecule has 19 heavy (non-hydrogen) atoms. The van der Waals surface area contributed by atoms with Crippen LogP contribution in [0.4, 0.5) is 0 Å². The highest BCUT2D eigenvalue weighted by Crippen LogP contribution is 2.25. The van der Waals surface area contributed by atoms with Gasteiger partial charge in [-0.15, -0.1) is 31.4 Å². The summed E-state index contributed by atoms with van der Waals surface area (Å²) in [7, 11) is 0. The molecule has 1 aromatic rings. The molecule has 0 saturated carbocycles. The number of nitrogens with one attached hydrogen (secondary N) is 1. The van der Waals surface area contributed by atoms with Gasteiger partial charge in [-0.25, -0.2) is 0 Å². The molecular weight excluding hydrogens is 279 g/mol. The Labute approximate surface area is 129 Å². The molecule has 4 heteroatoms. The van der Waals surface area contributed by atoms with Crippen LogP contribution < -0.4 is 5.32 Å². The van der Waals surface area contributed by atoms with Crippen LogP contribution in [-0.4, -0.2) is 31.1 Å². The van der Waals surface area contributed by atoms with Gasteiger partial charge >= 0.3 is 0 Å². The summed E-state index contributed by atoms with van der Waals surface area (Å²) in [6.07, 6.45) is 4.29. The van der Waals surface area contributed by atoms with E-state index in [1.54, 1.807) is 0 Å². The summed E-state index contributed by atoms with van der Waals surface area (Å²) in [4.78, 5) is 2.59. The van der Waals surface area contributed by atoms with E-state index in [4.69, 9.17) is 0 Å². The second-order valence-electron chi connectivity index (χ2n) is 4.58. The van der Waals surface area contributed by atoms with Gasteiger partial charge in [0.1, 0.15) is 0 Å². The maximum atomic E-state index is 3.84. The summed E-state index contributed by atoms with van der Waals surface area (Å²) in [5.74, 6) is 0. The smallest absolute Gasteiger partial charge is 0.0352 e. The third-order valence-electron chi connectivity index (χ3n) is 3.42. The molecule has 1 saturated heterocycles. The van der Waals surface area contributed by atoms with Crippen molar-refractivity contribution in [3.8, 4) is 0 Å². The number of hydrogen-bond acceptors (Lipinski definition) is 2. The Morgan fingerprint density at radius 3 is 2.37 bits per heavy atom. The molecule has 0 aromatic heterocycles. The number of allylic oxidation sites excluding steroid dienone is 1. The second kappa shape index (κ2) is 10.3. The standard InChI is InChI=1S/C15H22N2.2ClH/c1-2-3-9-15(14-7-5-4-6-8-14)17-12-10-16-11-13-17;;/h2,4-8,15-16H,1,3,9-13H2;2*1H/t15-;;/m0../s1. The minimum absolute atomic E-state index is 0. The molecule has 1 heterocycles. The Bertz CT molecular complexity index is 337. The van der Waals surface area contributed by atoms with Crippen LogP contribution in [0.3, 0.4) is 0 Å². The molecule has 2 nitrogen and oxygen atoms in total. The highest BCUT2D eigenvalue weighted by Gasteiger charge is 2.20. The molecule has 0 unspecified atom stereocenters. The van der Waals surface area contributed by atoms with Crippen molar-refractivity contribution < 1.29 is 0 Å². The maximum Gasteiger partial charge on any atom is 0.0352 e. The second-order valence-corrected chi connectivity index (χ2v) is 4.58. The van der Waals surface area contributed by atoms with Crippen molar-refractivity contribution in [1.82, 2.24) is 10.2 Å². The fourth-order valence-corrected chi connectivity index (χ4v) is 2.50. The van der Waals surface area contributed by atoms with E-state index in [-0.39, 0.29) is 24.8 Å². The van der Waals surface area contributed by atoms with Crippen LogP contribution in [0, 0.1) is 0 Å². The lowest BCUT2D eigenvalue weighted by atomic mass is 9.99. The van der Waals surface area contributed by atoms with Crippen molar-refractivity contribution in [2.45, 2.75) is 18.9 Å². The largest absolute Gasteiger partial charge is 0.314 e. The predicted molar refractivity (Wildman–Crippen MR) is 87.6 cm³/mol. The van der Waals surface area contributed by atoms with E-state index in [2.05, 4.69) is 47.1 Å². The normalized spacial score (nSPS) is 16.8. The van der Waals surface area contributed by atoms with Crippen LogP contribution in [0.5, 0.6) is 0 Å². The average Bonchev–Trinajstić information content (AvgIpc) is 2.42. The van der Waals surface area contributed by atoms with Gasteiger partial charge in [0.15, 0.2) is 0 Å². The number of benzene rings is 1. The monoisotopic (exact) mass is 302 g/mol. The first-order valence-electron chi connectivity index (χ1n) is 6.52. The van der Waals surface area contributed by atoms with E-state index in [0.717, 1.165) is 32.6 Å². The lowest BCUT2D eigenvalue weighted by molar-refractivity contribution is 0.166. The van der Waals surface area contributed by atoms with Gasteiger partial charge in [-0.1, -0.05) is 36.4 Å². The summed E-state index contributed by atoms with van der Waals surface area (Å²) < 4.78 is 0. The zero-order valence-corrected chi connectivity index (χ0v) is 12.9. The average molecular weight is 303 g/mol. The molecule has 1 aliphatic rings. The summed E-state index contributed by atoms with van der Waals surface area (Å²) in [5, 5.41) is 3.42. The van der Waals surface area contributed by atoms with Gasteiger partial charge in [0.2, 0.25) is 0 Å². The Balaban J connectivity index is 0.00000162. The highest BCUT2D eigenvalue weighted by molar-refractivity contribution is 5.85. The Kier molecular flexibility index (Phi) is 9.98. The van der Waals surface area contributed by atoms with Crippen LogP contribution in [-0.2, 0) is 0 Å². The Morgan fingerprint density at radius 2 is 1.79 bits per heavy atom. The van der Waals surface area contributed by atoms with E-state index >= 15 is 0 Å². The number of rotatable bonds is 5. The quantitative estimate of drug-likeness (QED) is 0.838. The van der Waals surface area contributed by atoms with E-state index < -0.39 is 0 Å². The molecule has 1 fully saturated rings. The highest BCUT2D eigenvalue weighted by atomic mass is 35.5. The first kappa shape index (κ1) is 18.5. The van der Waals surface area contributed by atoms with E-state index in [1.165, 1.54) is 12.0 Å². The molecule has 2 rings (SSSR count). The SMILES string of the molecule is C=CCC[C@@H](c1ccccc1)N1CCNCC1.Cl.Cl. The minimum atomic E-state index is 0. The van der Waals surface area contributed by atoms with Gasteiger partial charge < -0.3 is 5.32 Å². The third kappa shape index (κ3) is 5.53. The van der Waals surface area contributed by atoms with Crippen molar-refractivity contribution in [1.29, 1.82) is 0 Å². The van der Waals surface area contributed by atoms with Gasteiger partial charge in [-0.3, -0.25) is 4.90 Å². The van der Waals surface area contributed by atoms with Crippen molar-refractivity contribution in [2.75, 3.05) is 26.2 Å². The molecule has 1 aliphatic heterocycles. The predicted octanol–water partition coefficient (Wildman–Crippen LogP) is 3.44. The van der Waals surface area contributed by atoms with E-state index in [1.807, 2.05) is 6.08 Å². The fraction of sp³-hybridized carbons (Fsp3) is 0.467. The maximum absolute atomic E-state index is 3.84. The molecule has 1 atom stereocenters. The molecule has 0 aliphatic carbocycles. The number of piperazine rings is 1. The van der Waals surface area contributed by atoms with Gasteiger partial charge in [-0.05, 0) is 18.4 Å². The third-order valence-corrected chi connectivity index (χ3v) is 3.42. The van der Waals surface area contributed by atoms with Crippen LogP contribution in [0.15, 0.2) is 43.0 Å². The molecule has 0 amide bonds. The molecule has 1 aromatic carbocycles. The van der Waals surface area contributed by atoms with Crippen LogP contribution in [0.2, 0.25) is 0 Å². The first-order valence-corrected chi connectivity index (χ1v) is 6.52. The first-order chi connectivity index (χ1) is 8.42. The summed E-state index contributed by atoms with van der Waals surface area (Å²) in [5.41, 5.74) is 1.44. The number of nitrogens with zero attached hydrogens (tertiary/aromatic N) is 1. The van der Waals surface area contributed by atoms with Gasteiger partial charge in [-0.2, -0.15) is 0 Å². The Hall–Kier alpha value is -0.540. The Morgan fingerprint density at radius 1 is 1.16 bits per heavy atom. The van der Waals surface area contributed by atoms with Crippen molar-refractivity contribution >= 4 is 24.8 Å². The van der Waals surface area contributed by atoms with Crippen LogP contribution in [0.1, 0.15) is 24.4 Å². The molecule has 108 valence electrons. The van der Waals surface area contributed by atoms with E-state index in [9.17, 15) is 0 Å². The molecule has 0 bridgehead atoms. The van der Waals surface area contributed by atoms with E-state index in [0.29, 0.717) is 6.04 Å². The molecule has 0 radical (unpaired) electrons. The van der Waals surface area contributed by atoms with Crippen LogP contribution in [0.25, 0.3) is 0 Å². The molecular formula is C15H24Cl2N2. The summed E-state index contributed by atoms with van der Waals surface area (Å²) in [6, 6.07) is 11.4. The minimum Gasteiger partial charge on any atom is -0.314 e. The summed E-state index contributed by atoms with van der Waals surface area (Å²) >= 11 is 0. The van der Waals surface area contributed by atoms with Gasteiger partial charge in [0, 0.05) is 32.2 Å². The van der Waals surface area contributed by atoms with Crippen molar-refractivity contribution in [3.63, 3.8) is 0 Å². The van der Waals surface area contributed by atoms with Gasteiger partial charge in [0.05, 0.1) is 0 Å². The molecule has 0 spiro atoms. The van der Waals surface area contributed by atoms with Gasteiger partial charge in [0.25, 0.3) is 0 Å². The number of hydrogen-bond donors (Lipinski definition) is 1. The zero-order valence-electron chi connectivity index (χ0n) is 11.3. The molecule has 1 N–H and O–H groups in total. The van der Waals surface area contributed by atoms with Crippen LogP contribution >= 0.6 is 24.8 Å². The lowest BCUT2D eigenvalue weighted by Gasteiger charge is -2.35.